The molecular weight excluding hydrogens is 576 g/mol. The monoisotopic (exact) mass is 614 g/mol. The van der Waals surface area contributed by atoms with E-state index in [2.05, 4.69) is 4.98 Å². The van der Waals surface area contributed by atoms with Crippen molar-refractivity contribution in [3.05, 3.63) is 95.3 Å². The average Bonchev–Trinajstić information content (AvgIpc) is 3.56. The number of primary amides is 1. The summed E-state index contributed by atoms with van der Waals surface area (Å²) in [7, 11) is 0. The number of esters is 1. The Kier molecular flexibility index (Phi) is 9.36. The van der Waals surface area contributed by atoms with Crippen LogP contribution in [0, 0.1) is 0 Å². The third kappa shape index (κ3) is 7.78. The number of likely N-dealkylation sites (tertiary alicyclic amines) is 1. The van der Waals surface area contributed by atoms with Crippen molar-refractivity contribution in [3.63, 3.8) is 0 Å². The molecular formula is C34H38N4O7. The van der Waals surface area contributed by atoms with Crippen molar-refractivity contribution in [2.24, 2.45) is 5.73 Å². The van der Waals surface area contributed by atoms with Gasteiger partial charge in [0.15, 0.2) is 0 Å². The lowest BCUT2D eigenvalue weighted by molar-refractivity contribution is -0.155. The Bertz CT molecular complexity index is 1540. The number of hydrogen-bond donors (Lipinski definition) is 1. The highest BCUT2D eigenvalue weighted by atomic mass is 16.6. The van der Waals surface area contributed by atoms with E-state index < -0.39 is 35.7 Å². The van der Waals surface area contributed by atoms with Crippen LogP contribution in [-0.4, -0.2) is 69.5 Å². The first-order chi connectivity index (χ1) is 21.5. The molecule has 3 heterocycles. The van der Waals surface area contributed by atoms with E-state index in [-0.39, 0.29) is 37.8 Å². The standard InChI is InChI=1S/C34H38N4O7/c1-34(2,3)45-30(39)12-11-28(31(35)40)38-18-24-17-25(9-10-26(24)32(38)41)44-29-20-37(19-27(29)23-13-15-36-16-14-23)33(42)43-21-22-7-5-4-6-8-22/h4-10,13-17,27-29H,11-12,18-21H2,1-3H3,(H2,35,40)/t27-,28?,29+/m0/s1. The zero-order chi connectivity index (χ0) is 32.1. The Balaban J connectivity index is 1.27. The number of fused-ring (bicyclic) bond motifs is 1. The van der Waals surface area contributed by atoms with Crippen molar-refractivity contribution in [2.45, 2.75) is 70.4 Å². The first-order valence-electron chi connectivity index (χ1n) is 15.0. The van der Waals surface area contributed by atoms with Gasteiger partial charge in [-0.2, -0.15) is 0 Å². The molecule has 45 heavy (non-hydrogen) atoms. The van der Waals surface area contributed by atoms with Gasteiger partial charge in [-0.25, -0.2) is 4.79 Å². The summed E-state index contributed by atoms with van der Waals surface area (Å²) >= 11 is 0. The van der Waals surface area contributed by atoms with Gasteiger partial charge in [-0.1, -0.05) is 30.3 Å². The predicted molar refractivity (Wildman–Crippen MR) is 164 cm³/mol. The van der Waals surface area contributed by atoms with E-state index >= 15 is 0 Å². The lowest BCUT2D eigenvalue weighted by Gasteiger charge is -2.25. The number of ether oxygens (including phenoxy) is 3. The fourth-order valence-corrected chi connectivity index (χ4v) is 5.70. The molecule has 0 radical (unpaired) electrons. The van der Waals surface area contributed by atoms with Crippen LogP contribution in [-0.2, 0) is 32.2 Å². The number of carbonyl (C=O) groups excluding carboxylic acids is 4. The molecule has 3 amide bonds. The molecule has 0 saturated carbocycles. The molecule has 2 aliphatic rings. The highest BCUT2D eigenvalue weighted by Crippen LogP contribution is 2.34. The Labute approximate surface area is 262 Å². The Morgan fingerprint density at radius 2 is 1.76 bits per heavy atom. The molecule has 3 aromatic rings. The maximum atomic E-state index is 13.3. The minimum Gasteiger partial charge on any atom is -0.488 e. The minimum absolute atomic E-state index is 0.0538. The molecule has 236 valence electrons. The molecule has 1 aromatic heterocycles. The van der Waals surface area contributed by atoms with Crippen LogP contribution in [0.4, 0.5) is 4.79 Å². The summed E-state index contributed by atoms with van der Waals surface area (Å²) in [5.41, 5.74) is 8.00. The number of nitrogens with two attached hydrogens (primary N) is 1. The summed E-state index contributed by atoms with van der Waals surface area (Å²) in [5, 5.41) is 0. The van der Waals surface area contributed by atoms with Crippen LogP contribution in [0.5, 0.6) is 5.75 Å². The third-order valence-electron chi connectivity index (χ3n) is 7.81. The summed E-state index contributed by atoms with van der Waals surface area (Å²) in [6, 6.07) is 17.5. The SMILES string of the molecule is CC(C)(C)OC(=O)CCC(C(N)=O)N1Cc2cc(O[C@@H]3CN(C(=O)OCc4ccccc4)C[C@H]3c3ccncc3)ccc2C1=O. The highest BCUT2D eigenvalue weighted by molar-refractivity contribution is 6.01. The Morgan fingerprint density at radius 1 is 1.02 bits per heavy atom. The quantitative estimate of drug-likeness (QED) is 0.335. The van der Waals surface area contributed by atoms with Gasteiger partial charge in [0.25, 0.3) is 5.91 Å². The highest BCUT2D eigenvalue weighted by Gasteiger charge is 2.40. The van der Waals surface area contributed by atoms with Crippen molar-refractivity contribution in [1.29, 1.82) is 0 Å². The molecule has 0 aliphatic carbocycles. The van der Waals surface area contributed by atoms with E-state index in [0.29, 0.717) is 30.0 Å². The van der Waals surface area contributed by atoms with Crippen molar-refractivity contribution >= 4 is 23.9 Å². The second-order valence-corrected chi connectivity index (χ2v) is 12.3. The summed E-state index contributed by atoms with van der Waals surface area (Å²) in [4.78, 5) is 58.1. The van der Waals surface area contributed by atoms with Gasteiger partial charge in [0, 0.05) is 43.4 Å². The van der Waals surface area contributed by atoms with Crippen LogP contribution < -0.4 is 10.5 Å². The van der Waals surface area contributed by atoms with Crippen LogP contribution in [0.2, 0.25) is 0 Å². The number of aromatic nitrogens is 1. The van der Waals surface area contributed by atoms with Crippen molar-refractivity contribution in [1.82, 2.24) is 14.8 Å². The zero-order valence-electron chi connectivity index (χ0n) is 25.7. The van der Waals surface area contributed by atoms with Gasteiger partial charge in [-0.05, 0) is 74.2 Å². The zero-order valence-corrected chi connectivity index (χ0v) is 25.7. The Hall–Kier alpha value is -4.93. The van der Waals surface area contributed by atoms with Gasteiger partial charge >= 0.3 is 12.1 Å². The smallest absolute Gasteiger partial charge is 0.410 e. The number of pyridine rings is 1. The number of benzene rings is 2. The molecule has 2 N–H and O–H groups in total. The molecule has 0 spiro atoms. The van der Waals surface area contributed by atoms with E-state index in [1.165, 1.54) is 4.90 Å². The van der Waals surface area contributed by atoms with Crippen molar-refractivity contribution in [3.8, 4) is 5.75 Å². The van der Waals surface area contributed by atoms with Gasteiger partial charge < -0.3 is 29.7 Å². The average molecular weight is 615 g/mol. The summed E-state index contributed by atoms with van der Waals surface area (Å²) in [5.74, 6) is -1.12. The first-order valence-corrected chi connectivity index (χ1v) is 15.0. The Morgan fingerprint density at radius 3 is 2.44 bits per heavy atom. The van der Waals surface area contributed by atoms with Gasteiger partial charge in [-0.15, -0.1) is 0 Å². The maximum absolute atomic E-state index is 13.3. The van der Waals surface area contributed by atoms with E-state index in [4.69, 9.17) is 19.9 Å². The molecule has 11 heteroatoms. The van der Waals surface area contributed by atoms with E-state index in [1.54, 1.807) is 56.3 Å². The molecule has 11 nitrogen and oxygen atoms in total. The number of hydrogen-bond acceptors (Lipinski definition) is 8. The fraction of sp³-hybridized carbons (Fsp3) is 0.382. The summed E-state index contributed by atoms with van der Waals surface area (Å²) in [6.45, 7) is 6.30. The van der Waals surface area contributed by atoms with Gasteiger partial charge in [0.1, 0.15) is 30.1 Å². The second kappa shape index (κ2) is 13.4. The molecule has 0 bridgehead atoms. The van der Waals surface area contributed by atoms with Crippen LogP contribution in [0.1, 0.15) is 66.6 Å². The minimum atomic E-state index is -0.969. The summed E-state index contributed by atoms with van der Waals surface area (Å²) in [6.07, 6.45) is 2.59. The predicted octanol–water partition coefficient (Wildman–Crippen LogP) is 4.20. The number of carbonyl (C=O) groups is 4. The molecule has 2 aliphatic heterocycles. The van der Waals surface area contributed by atoms with E-state index in [9.17, 15) is 19.2 Å². The molecule has 2 aromatic carbocycles. The van der Waals surface area contributed by atoms with Crippen LogP contribution >= 0.6 is 0 Å². The lowest BCUT2D eigenvalue weighted by atomic mass is 9.97. The number of nitrogens with zero attached hydrogens (tertiary/aromatic N) is 3. The van der Waals surface area contributed by atoms with E-state index in [1.807, 2.05) is 42.5 Å². The molecule has 1 saturated heterocycles. The first kappa shape index (κ1) is 31.5. The third-order valence-corrected chi connectivity index (χ3v) is 7.81. The molecule has 1 fully saturated rings. The van der Waals surface area contributed by atoms with E-state index in [0.717, 1.165) is 11.1 Å². The topological polar surface area (TPSA) is 141 Å². The number of rotatable bonds is 10. The van der Waals surface area contributed by atoms with Crippen molar-refractivity contribution < 1.29 is 33.4 Å². The van der Waals surface area contributed by atoms with Gasteiger partial charge in [0.2, 0.25) is 5.91 Å². The van der Waals surface area contributed by atoms with Crippen LogP contribution in [0.3, 0.4) is 0 Å². The lowest BCUT2D eigenvalue weighted by Crippen LogP contribution is -2.45. The second-order valence-electron chi connectivity index (χ2n) is 12.3. The number of amides is 3. The van der Waals surface area contributed by atoms with Gasteiger partial charge in [0.05, 0.1) is 6.54 Å². The maximum Gasteiger partial charge on any atom is 0.410 e. The fourth-order valence-electron chi connectivity index (χ4n) is 5.70. The largest absolute Gasteiger partial charge is 0.488 e. The van der Waals surface area contributed by atoms with Gasteiger partial charge in [-0.3, -0.25) is 19.4 Å². The molecule has 3 atom stereocenters. The van der Waals surface area contributed by atoms with Crippen LogP contribution in [0.15, 0.2) is 73.1 Å². The summed E-state index contributed by atoms with van der Waals surface area (Å²) < 4.78 is 17.4. The van der Waals surface area contributed by atoms with Crippen molar-refractivity contribution in [2.75, 3.05) is 13.1 Å². The molecule has 1 unspecified atom stereocenters. The normalized spacial score (nSPS) is 18.3. The molecule has 5 rings (SSSR count). The van der Waals surface area contributed by atoms with Crippen LogP contribution in [0.25, 0.3) is 0 Å².